The van der Waals surface area contributed by atoms with Crippen LogP contribution in [-0.4, -0.2) is 70.1 Å². The van der Waals surface area contributed by atoms with Crippen LogP contribution >= 0.6 is 0 Å². The van der Waals surface area contributed by atoms with Crippen molar-refractivity contribution in [2.75, 3.05) is 43.2 Å². The number of carbonyl (C=O) groups excluding carboxylic acids is 2. The summed E-state index contributed by atoms with van der Waals surface area (Å²) in [5.41, 5.74) is 11.0. The van der Waals surface area contributed by atoms with Crippen molar-refractivity contribution in [3.8, 4) is 0 Å². The molecule has 0 saturated carbocycles. The summed E-state index contributed by atoms with van der Waals surface area (Å²) in [6.45, 7) is -0.712. The Hall–Kier alpha value is -4.78. The van der Waals surface area contributed by atoms with Gasteiger partial charge < -0.3 is 26.6 Å². The molecule has 16 nitrogen and oxygen atoms in total. The van der Waals surface area contributed by atoms with Crippen molar-refractivity contribution < 1.29 is 40.8 Å². The van der Waals surface area contributed by atoms with Crippen molar-refractivity contribution in [3.63, 3.8) is 0 Å². The van der Waals surface area contributed by atoms with Crippen molar-refractivity contribution in [1.29, 1.82) is 0 Å². The fraction of sp³-hybridized carbons (Fsp3) is 0.200. The van der Waals surface area contributed by atoms with E-state index < -0.39 is 54.8 Å². The highest BCUT2D eigenvalue weighted by Crippen LogP contribution is 2.43. The number of carbonyl (C=O) groups is 2. The molecule has 0 fully saturated rings. The first-order valence-electron chi connectivity index (χ1n) is 12.2. The number of nitrogens with two attached hydrogens (primary N) is 2. The minimum atomic E-state index is -4.90. The molecule has 43 heavy (non-hydrogen) atoms. The van der Waals surface area contributed by atoms with Gasteiger partial charge in [-0.2, -0.15) is 13.5 Å². The van der Waals surface area contributed by atoms with Crippen LogP contribution in [0.15, 0.2) is 79.9 Å². The monoisotopic (exact) mass is 633 g/mol. The lowest BCUT2D eigenvalue weighted by Gasteiger charge is -2.11. The van der Waals surface area contributed by atoms with Crippen LogP contribution in [0.3, 0.4) is 0 Å². The smallest absolute Gasteiger partial charge is 0.340 e. The Kier molecular flexibility index (Phi) is 10.6. The lowest BCUT2D eigenvalue weighted by molar-refractivity contribution is 0.0601. The predicted molar refractivity (Wildman–Crippen MR) is 156 cm³/mol. The second-order valence-corrected chi connectivity index (χ2v) is 12.3. The molecular formula is C25H27N7O9S2. The number of ether oxygens (including phenoxy) is 1. The van der Waals surface area contributed by atoms with E-state index in [2.05, 4.69) is 25.8 Å². The van der Waals surface area contributed by atoms with E-state index in [-0.39, 0.29) is 51.9 Å². The van der Waals surface area contributed by atoms with Gasteiger partial charge in [-0.05, 0) is 36.4 Å². The van der Waals surface area contributed by atoms with Gasteiger partial charge in [0.15, 0.2) is 9.84 Å². The van der Waals surface area contributed by atoms with Crippen molar-refractivity contribution in [2.45, 2.75) is 4.90 Å². The second kappa shape index (κ2) is 13.9. The maximum absolute atomic E-state index is 12.5. The molecule has 0 atom stereocenters. The molecule has 18 heteroatoms. The highest BCUT2D eigenvalue weighted by molar-refractivity contribution is 7.91. The first-order valence-corrected chi connectivity index (χ1v) is 15.4. The summed E-state index contributed by atoms with van der Waals surface area (Å²) in [6, 6.07) is 12.6. The summed E-state index contributed by atoms with van der Waals surface area (Å²) in [5.74, 6) is -2.10. The average molecular weight is 634 g/mol. The Morgan fingerprint density at radius 3 is 2.26 bits per heavy atom. The third-order valence-corrected chi connectivity index (χ3v) is 8.17. The van der Waals surface area contributed by atoms with Gasteiger partial charge in [-0.15, -0.1) is 15.3 Å². The number of sulfone groups is 1. The molecule has 0 aliphatic heterocycles. The van der Waals surface area contributed by atoms with Crippen LogP contribution < -0.4 is 16.8 Å². The maximum Gasteiger partial charge on any atom is 0.340 e. The molecule has 0 saturated heterocycles. The number of anilines is 2. The summed E-state index contributed by atoms with van der Waals surface area (Å²) in [4.78, 5) is 23.7. The van der Waals surface area contributed by atoms with Gasteiger partial charge in [-0.3, -0.25) is 9.35 Å². The predicted octanol–water partition coefficient (Wildman–Crippen LogP) is 2.85. The first-order chi connectivity index (χ1) is 20.3. The van der Waals surface area contributed by atoms with Crippen LogP contribution in [0.5, 0.6) is 0 Å². The summed E-state index contributed by atoms with van der Waals surface area (Å²) < 4.78 is 61.9. The van der Waals surface area contributed by atoms with E-state index in [1.807, 2.05) is 0 Å². The summed E-state index contributed by atoms with van der Waals surface area (Å²) in [7, 11) is -7.24. The summed E-state index contributed by atoms with van der Waals surface area (Å²) in [5, 5.41) is 27.0. The molecule has 3 aromatic rings. The fourth-order valence-corrected chi connectivity index (χ4v) is 5.03. The zero-order valence-electron chi connectivity index (χ0n) is 22.5. The van der Waals surface area contributed by atoms with Crippen molar-refractivity contribution in [2.24, 2.45) is 20.5 Å². The standard InChI is InChI=1S/C25H27N7O9S2/c1-41-25(35)17-7-2-3-8-18(17)30-32-23-21(26)19(14-20(22(23)27)43(38,39)40)31-29-16-6-4-5-15(13-16)24(34)28-9-11-42(36,37)12-10-33/h2-8,13-14,33H,9-12,26-27H2,1H3,(H,28,34)(H,38,39,40). The number of hydrogen-bond acceptors (Lipinski definition) is 14. The Morgan fingerprint density at radius 2 is 1.58 bits per heavy atom. The highest BCUT2D eigenvalue weighted by Gasteiger charge is 2.23. The number of aliphatic hydroxyl groups excluding tert-OH is 1. The largest absolute Gasteiger partial charge is 0.465 e. The van der Waals surface area contributed by atoms with E-state index in [1.165, 1.54) is 43.5 Å². The summed E-state index contributed by atoms with van der Waals surface area (Å²) in [6.07, 6.45) is 0. The molecule has 0 spiro atoms. The molecule has 0 heterocycles. The van der Waals surface area contributed by atoms with Gasteiger partial charge in [0.1, 0.15) is 22.0 Å². The lowest BCUT2D eigenvalue weighted by atomic mass is 10.2. The number of rotatable bonds is 12. The molecule has 0 unspecified atom stereocenters. The van der Waals surface area contributed by atoms with E-state index in [0.717, 1.165) is 6.07 Å². The number of azo groups is 2. The molecule has 0 aliphatic carbocycles. The van der Waals surface area contributed by atoms with Gasteiger partial charge in [-0.1, -0.05) is 18.2 Å². The molecule has 7 N–H and O–H groups in total. The normalized spacial score (nSPS) is 12.1. The molecular weight excluding hydrogens is 606 g/mol. The van der Waals surface area contributed by atoms with Gasteiger partial charge in [0.2, 0.25) is 0 Å². The molecule has 3 rings (SSSR count). The van der Waals surface area contributed by atoms with E-state index >= 15 is 0 Å². The van der Waals surface area contributed by atoms with Crippen LogP contribution in [-0.2, 0) is 24.7 Å². The van der Waals surface area contributed by atoms with E-state index in [4.69, 9.17) is 21.3 Å². The number of methoxy groups -OCH3 is 1. The maximum atomic E-state index is 12.5. The van der Waals surface area contributed by atoms with E-state index in [1.54, 1.807) is 12.1 Å². The van der Waals surface area contributed by atoms with Gasteiger partial charge in [-0.25, -0.2) is 13.2 Å². The molecule has 0 radical (unpaired) electrons. The summed E-state index contributed by atoms with van der Waals surface area (Å²) >= 11 is 0. The third kappa shape index (κ3) is 8.61. The molecule has 1 amide bonds. The van der Waals surface area contributed by atoms with Crippen molar-refractivity contribution in [1.82, 2.24) is 5.32 Å². The quantitative estimate of drug-likeness (QED) is 0.0837. The van der Waals surface area contributed by atoms with Crippen molar-refractivity contribution >= 4 is 66.0 Å². The molecule has 3 aromatic carbocycles. The van der Waals surface area contributed by atoms with Crippen LogP contribution in [0, 0.1) is 0 Å². The number of nitrogen functional groups attached to an aromatic ring is 2. The number of nitrogens with zero attached hydrogens (tertiary/aromatic N) is 4. The first kappa shape index (κ1) is 32.7. The zero-order valence-corrected chi connectivity index (χ0v) is 24.2. The number of nitrogens with one attached hydrogen (secondary N) is 1. The second-order valence-electron chi connectivity index (χ2n) is 8.64. The molecule has 0 aromatic heterocycles. The lowest BCUT2D eigenvalue weighted by Crippen LogP contribution is -2.30. The average Bonchev–Trinajstić information content (AvgIpc) is 2.95. The number of amides is 1. The fourth-order valence-electron chi connectivity index (χ4n) is 3.50. The van der Waals surface area contributed by atoms with E-state index in [9.17, 15) is 31.0 Å². The van der Waals surface area contributed by atoms with Crippen LogP contribution in [0.25, 0.3) is 0 Å². The topological polar surface area (TPSA) is 266 Å². The van der Waals surface area contributed by atoms with Crippen LogP contribution in [0.4, 0.5) is 34.1 Å². The van der Waals surface area contributed by atoms with Crippen LogP contribution in [0.2, 0.25) is 0 Å². The minimum absolute atomic E-state index is 0.0486. The molecule has 0 bridgehead atoms. The Morgan fingerprint density at radius 1 is 0.884 bits per heavy atom. The Balaban J connectivity index is 1.95. The van der Waals surface area contributed by atoms with Crippen LogP contribution in [0.1, 0.15) is 20.7 Å². The number of esters is 1. The van der Waals surface area contributed by atoms with Gasteiger partial charge in [0, 0.05) is 12.1 Å². The number of hydrogen-bond donors (Lipinski definition) is 5. The zero-order chi connectivity index (χ0) is 31.8. The Labute approximate surface area is 246 Å². The Bertz CT molecular complexity index is 1810. The van der Waals surface area contributed by atoms with Gasteiger partial charge in [0.05, 0.1) is 47.8 Å². The highest BCUT2D eigenvalue weighted by atomic mass is 32.2. The number of benzene rings is 3. The van der Waals surface area contributed by atoms with E-state index in [0.29, 0.717) is 0 Å². The SMILES string of the molecule is COC(=O)c1ccccc1N=Nc1c(N)c(N=Nc2cccc(C(=O)NCCS(=O)(=O)CCO)c2)cc(S(=O)(=O)O)c1N. The molecule has 0 aliphatic rings. The van der Waals surface area contributed by atoms with Gasteiger partial charge in [0.25, 0.3) is 16.0 Å². The third-order valence-electron chi connectivity index (χ3n) is 5.65. The van der Waals surface area contributed by atoms with Crippen molar-refractivity contribution in [3.05, 3.63) is 65.7 Å². The van der Waals surface area contributed by atoms with Gasteiger partial charge >= 0.3 is 5.97 Å². The minimum Gasteiger partial charge on any atom is -0.465 e. The molecule has 228 valence electrons. The number of aliphatic hydroxyl groups is 1.